The van der Waals surface area contributed by atoms with Gasteiger partial charge in [-0.25, -0.2) is 9.97 Å². The SMILES string of the molecule is COc1ccc(Nc2ncnc(N3CC4(C)CC3CC(C)(C)C4)c2N)cc1. The Morgan fingerprint density at radius 1 is 1.15 bits per heavy atom. The third-order valence-electron chi connectivity index (χ3n) is 5.90. The standard InChI is InChI=1S/C21H29N5O/c1-20(2)9-15-10-21(3,11-20)12-26(15)19-17(22)18(23-13-24-19)25-14-5-7-16(27-4)8-6-14/h5-8,13,15H,9-12,22H2,1-4H3,(H,23,24,25). The molecular formula is C21H29N5O. The van der Waals surface area contributed by atoms with E-state index in [9.17, 15) is 0 Å². The van der Waals surface area contributed by atoms with Crippen LogP contribution in [0.2, 0.25) is 0 Å². The molecule has 27 heavy (non-hydrogen) atoms. The van der Waals surface area contributed by atoms with Crippen molar-refractivity contribution >= 4 is 23.0 Å². The van der Waals surface area contributed by atoms with E-state index >= 15 is 0 Å². The van der Waals surface area contributed by atoms with Crippen molar-refractivity contribution in [2.75, 3.05) is 29.6 Å². The zero-order chi connectivity index (χ0) is 19.2. The van der Waals surface area contributed by atoms with Crippen molar-refractivity contribution in [2.24, 2.45) is 10.8 Å². The van der Waals surface area contributed by atoms with Crippen LogP contribution in [0, 0.1) is 10.8 Å². The van der Waals surface area contributed by atoms with Gasteiger partial charge in [0.25, 0.3) is 0 Å². The van der Waals surface area contributed by atoms with Crippen molar-refractivity contribution in [2.45, 2.75) is 46.1 Å². The van der Waals surface area contributed by atoms with E-state index < -0.39 is 0 Å². The molecule has 1 aliphatic heterocycles. The lowest BCUT2D eigenvalue weighted by atomic mass is 9.65. The highest BCUT2D eigenvalue weighted by Gasteiger charge is 2.50. The number of hydrogen-bond acceptors (Lipinski definition) is 6. The van der Waals surface area contributed by atoms with E-state index in [1.54, 1.807) is 13.4 Å². The van der Waals surface area contributed by atoms with Gasteiger partial charge in [-0.2, -0.15) is 0 Å². The van der Waals surface area contributed by atoms with Gasteiger partial charge in [0.05, 0.1) is 7.11 Å². The van der Waals surface area contributed by atoms with Crippen molar-refractivity contribution in [3.63, 3.8) is 0 Å². The monoisotopic (exact) mass is 367 g/mol. The molecule has 2 aliphatic rings. The predicted octanol–water partition coefficient (Wildman–Crippen LogP) is 4.22. The molecule has 0 radical (unpaired) electrons. The van der Waals surface area contributed by atoms with Crippen molar-refractivity contribution in [3.05, 3.63) is 30.6 Å². The fraction of sp³-hybridized carbons (Fsp3) is 0.524. The molecule has 6 heteroatoms. The molecule has 1 aromatic heterocycles. The maximum Gasteiger partial charge on any atom is 0.159 e. The summed E-state index contributed by atoms with van der Waals surface area (Å²) in [7, 11) is 1.66. The number of nitrogens with two attached hydrogens (primary N) is 1. The first-order valence-electron chi connectivity index (χ1n) is 9.57. The van der Waals surface area contributed by atoms with E-state index in [1.807, 2.05) is 24.3 Å². The summed E-state index contributed by atoms with van der Waals surface area (Å²) in [5.74, 6) is 2.32. The number of anilines is 4. The van der Waals surface area contributed by atoms with E-state index in [0.717, 1.165) is 23.8 Å². The molecule has 0 spiro atoms. The summed E-state index contributed by atoms with van der Waals surface area (Å²) < 4.78 is 5.21. The highest BCUT2D eigenvalue weighted by molar-refractivity contribution is 5.78. The van der Waals surface area contributed by atoms with Gasteiger partial charge in [0.2, 0.25) is 0 Å². The van der Waals surface area contributed by atoms with Crippen molar-refractivity contribution in [1.29, 1.82) is 0 Å². The van der Waals surface area contributed by atoms with Gasteiger partial charge in [-0.3, -0.25) is 0 Å². The average Bonchev–Trinajstić information content (AvgIpc) is 2.86. The van der Waals surface area contributed by atoms with Gasteiger partial charge in [-0.05, 0) is 54.4 Å². The summed E-state index contributed by atoms with van der Waals surface area (Å²) >= 11 is 0. The topological polar surface area (TPSA) is 76.3 Å². The quantitative estimate of drug-likeness (QED) is 0.843. The molecule has 2 fully saturated rings. The summed E-state index contributed by atoms with van der Waals surface area (Å²) in [5, 5.41) is 3.31. The molecule has 2 atom stereocenters. The van der Waals surface area contributed by atoms with Crippen LogP contribution in [-0.4, -0.2) is 29.7 Å². The number of methoxy groups -OCH3 is 1. The second-order valence-corrected chi connectivity index (χ2v) is 9.15. The largest absolute Gasteiger partial charge is 0.497 e. The molecule has 2 unspecified atom stereocenters. The Morgan fingerprint density at radius 3 is 2.59 bits per heavy atom. The summed E-state index contributed by atoms with van der Waals surface area (Å²) in [4.78, 5) is 11.3. The highest BCUT2D eigenvalue weighted by atomic mass is 16.5. The summed E-state index contributed by atoms with van der Waals surface area (Å²) in [6.07, 6.45) is 5.23. The zero-order valence-electron chi connectivity index (χ0n) is 16.6. The van der Waals surface area contributed by atoms with Gasteiger partial charge < -0.3 is 20.7 Å². The van der Waals surface area contributed by atoms with Crippen LogP contribution in [0.5, 0.6) is 5.75 Å². The Kier molecular flexibility index (Phi) is 4.17. The number of aromatic nitrogens is 2. The second-order valence-electron chi connectivity index (χ2n) is 9.15. The van der Waals surface area contributed by atoms with Crippen LogP contribution in [0.15, 0.2) is 30.6 Å². The summed E-state index contributed by atoms with van der Waals surface area (Å²) in [6, 6.07) is 8.21. The van der Waals surface area contributed by atoms with E-state index in [-0.39, 0.29) is 0 Å². The molecule has 1 aromatic carbocycles. The normalized spacial score (nSPS) is 26.1. The Labute approximate surface area is 161 Å². The third-order valence-corrected chi connectivity index (χ3v) is 5.90. The molecule has 144 valence electrons. The number of fused-ring (bicyclic) bond motifs is 2. The van der Waals surface area contributed by atoms with Crippen LogP contribution in [-0.2, 0) is 0 Å². The number of benzene rings is 1. The van der Waals surface area contributed by atoms with Crippen molar-refractivity contribution in [3.8, 4) is 5.75 Å². The van der Waals surface area contributed by atoms with E-state index in [0.29, 0.717) is 28.4 Å². The molecule has 0 amide bonds. The van der Waals surface area contributed by atoms with Crippen molar-refractivity contribution in [1.82, 2.24) is 9.97 Å². The molecule has 6 nitrogen and oxygen atoms in total. The minimum atomic E-state index is 0.327. The molecule has 1 aliphatic carbocycles. The van der Waals surface area contributed by atoms with E-state index in [1.165, 1.54) is 19.3 Å². The Morgan fingerprint density at radius 2 is 1.89 bits per heavy atom. The summed E-state index contributed by atoms with van der Waals surface area (Å²) in [6.45, 7) is 8.15. The number of hydrogen-bond donors (Lipinski definition) is 2. The first-order chi connectivity index (χ1) is 12.8. The van der Waals surface area contributed by atoms with E-state index in [4.69, 9.17) is 10.5 Å². The van der Waals surface area contributed by atoms with Crippen LogP contribution in [0.25, 0.3) is 0 Å². The number of nitrogens with one attached hydrogen (secondary N) is 1. The maximum absolute atomic E-state index is 6.51. The van der Waals surface area contributed by atoms with Gasteiger partial charge in [0.1, 0.15) is 17.8 Å². The lowest BCUT2D eigenvalue weighted by Crippen LogP contribution is -2.35. The lowest BCUT2D eigenvalue weighted by Gasteiger charge is -2.39. The van der Waals surface area contributed by atoms with Crippen LogP contribution < -0.4 is 20.7 Å². The number of rotatable bonds is 4. The minimum Gasteiger partial charge on any atom is -0.497 e. The number of nitrogens with zero attached hydrogens (tertiary/aromatic N) is 3. The molecule has 2 heterocycles. The minimum absolute atomic E-state index is 0.327. The summed E-state index contributed by atoms with van der Waals surface area (Å²) in [5.41, 5.74) is 8.72. The number of nitrogen functional groups attached to an aromatic ring is 1. The van der Waals surface area contributed by atoms with E-state index in [2.05, 4.69) is 41.0 Å². The molecular weight excluding hydrogens is 338 g/mol. The fourth-order valence-electron chi connectivity index (χ4n) is 5.23. The molecule has 1 saturated heterocycles. The van der Waals surface area contributed by atoms with Crippen molar-refractivity contribution < 1.29 is 4.74 Å². The van der Waals surface area contributed by atoms with Crippen LogP contribution >= 0.6 is 0 Å². The first-order valence-corrected chi connectivity index (χ1v) is 9.57. The predicted molar refractivity (Wildman–Crippen MR) is 110 cm³/mol. The van der Waals surface area contributed by atoms with Gasteiger partial charge in [-0.15, -0.1) is 0 Å². The maximum atomic E-state index is 6.51. The fourth-order valence-corrected chi connectivity index (χ4v) is 5.23. The van der Waals surface area contributed by atoms with Crippen LogP contribution in [0.3, 0.4) is 0 Å². The smallest absolute Gasteiger partial charge is 0.159 e. The molecule has 1 saturated carbocycles. The molecule has 2 bridgehead atoms. The second kappa shape index (κ2) is 6.29. The van der Waals surface area contributed by atoms with Gasteiger partial charge in [-0.1, -0.05) is 20.8 Å². The Balaban J connectivity index is 1.60. The zero-order valence-corrected chi connectivity index (χ0v) is 16.6. The Hall–Kier alpha value is -2.50. The average molecular weight is 367 g/mol. The van der Waals surface area contributed by atoms with Gasteiger partial charge in [0.15, 0.2) is 11.6 Å². The van der Waals surface area contributed by atoms with Gasteiger partial charge >= 0.3 is 0 Å². The lowest BCUT2D eigenvalue weighted by molar-refractivity contribution is 0.136. The third kappa shape index (κ3) is 3.40. The molecule has 4 rings (SSSR count). The Bertz CT molecular complexity index is 835. The first kappa shape index (κ1) is 17.9. The molecule has 2 aromatic rings. The number of ether oxygens (including phenoxy) is 1. The van der Waals surface area contributed by atoms with Gasteiger partial charge in [0, 0.05) is 18.3 Å². The van der Waals surface area contributed by atoms with Crippen LogP contribution in [0.1, 0.15) is 40.0 Å². The van der Waals surface area contributed by atoms with Crippen LogP contribution in [0.4, 0.5) is 23.0 Å². The highest BCUT2D eigenvalue weighted by Crippen LogP contribution is 2.54. The molecule has 3 N–H and O–H groups in total.